The fourth-order valence-electron chi connectivity index (χ4n) is 3.11. The van der Waals surface area contributed by atoms with Gasteiger partial charge < -0.3 is 9.73 Å². The average molecular weight is 333 g/mol. The number of hydrogen-bond donors (Lipinski definition) is 1. The Balaban J connectivity index is 1.51. The lowest BCUT2D eigenvalue weighted by Gasteiger charge is -2.29. The summed E-state index contributed by atoms with van der Waals surface area (Å²) in [6.45, 7) is 2.26. The molecule has 1 amide bonds. The zero-order valence-electron chi connectivity index (χ0n) is 13.3. The normalized spacial score (nSPS) is 18.0. The molecule has 1 aliphatic carbocycles. The van der Waals surface area contributed by atoms with E-state index in [0.717, 1.165) is 25.9 Å². The van der Waals surface area contributed by atoms with Gasteiger partial charge in [-0.05, 0) is 62.9 Å². The Bertz CT molecular complexity index is 583. The Hall–Kier alpha value is -1.82. The van der Waals surface area contributed by atoms with Crippen LogP contribution in [0.2, 0.25) is 0 Å². The third-order valence-electron chi connectivity index (χ3n) is 4.34. The van der Waals surface area contributed by atoms with E-state index in [0.29, 0.717) is 17.4 Å². The van der Waals surface area contributed by atoms with Crippen molar-refractivity contribution in [3.8, 4) is 0 Å². The van der Waals surface area contributed by atoms with Crippen LogP contribution in [0, 0.1) is 0 Å². The molecule has 1 aliphatic heterocycles. The largest absolute Gasteiger partial charge is 0.459 e. The van der Waals surface area contributed by atoms with Crippen molar-refractivity contribution in [1.29, 1.82) is 0 Å². The average Bonchev–Trinajstić information content (AvgIpc) is 3.27. The first-order valence-corrected chi connectivity index (χ1v) is 8.75. The molecule has 3 rings (SSSR count). The zero-order valence-corrected chi connectivity index (χ0v) is 14.1. The predicted octanol–water partition coefficient (Wildman–Crippen LogP) is 3.11. The molecule has 124 valence electrons. The number of allylic oxidation sites excluding steroid dienone is 1. The van der Waals surface area contributed by atoms with Crippen LogP contribution in [-0.2, 0) is 0 Å². The summed E-state index contributed by atoms with van der Waals surface area (Å²) in [6, 6.07) is 3.41. The van der Waals surface area contributed by atoms with E-state index < -0.39 is 0 Å². The topological polar surface area (TPSA) is 48.7 Å². The molecule has 0 aromatic carbocycles. The first-order chi connectivity index (χ1) is 11.3. The maximum atomic E-state index is 12.4. The molecule has 0 radical (unpaired) electrons. The SMILES string of the molecule is O=C(c1ccco1)N1CCCN1C(=S)NCCC1=CCCCC1. The third kappa shape index (κ3) is 3.93. The summed E-state index contributed by atoms with van der Waals surface area (Å²) in [7, 11) is 0. The van der Waals surface area contributed by atoms with Crippen molar-refractivity contribution >= 4 is 23.2 Å². The molecule has 1 saturated heterocycles. The minimum atomic E-state index is -0.133. The van der Waals surface area contributed by atoms with Crippen LogP contribution in [0.15, 0.2) is 34.5 Å². The second-order valence-corrected chi connectivity index (χ2v) is 6.36. The Labute approximate surface area is 142 Å². The molecule has 0 saturated carbocycles. The van der Waals surface area contributed by atoms with Gasteiger partial charge in [0.2, 0.25) is 0 Å². The number of amides is 1. The minimum absolute atomic E-state index is 0.133. The molecule has 6 heteroatoms. The number of nitrogens with one attached hydrogen (secondary N) is 1. The van der Waals surface area contributed by atoms with Gasteiger partial charge in [-0.2, -0.15) is 0 Å². The second kappa shape index (κ2) is 7.64. The number of carbonyl (C=O) groups is 1. The van der Waals surface area contributed by atoms with Crippen LogP contribution in [0.5, 0.6) is 0 Å². The van der Waals surface area contributed by atoms with Crippen LogP contribution in [0.1, 0.15) is 49.1 Å². The van der Waals surface area contributed by atoms with Crippen molar-refractivity contribution in [2.75, 3.05) is 19.6 Å². The van der Waals surface area contributed by atoms with Gasteiger partial charge in [0.1, 0.15) is 0 Å². The van der Waals surface area contributed by atoms with Crippen LogP contribution >= 0.6 is 12.2 Å². The highest BCUT2D eigenvalue weighted by molar-refractivity contribution is 7.80. The number of carbonyl (C=O) groups excluding carboxylic acids is 1. The van der Waals surface area contributed by atoms with Crippen LogP contribution in [0.4, 0.5) is 0 Å². The van der Waals surface area contributed by atoms with Crippen molar-refractivity contribution in [1.82, 2.24) is 15.3 Å². The van der Waals surface area contributed by atoms with E-state index in [-0.39, 0.29) is 5.91 Å². The fraction of sp³-hybridized carbons (Fsp3) is 0.529. The van der Waals surface area contributed by atoms with Crippen LogP contribution in [0.25, 0.3) is 0 Å². The summed E-state index contributed by atoms with van der Waals surface area (Å²) in [6.07, 6.45) is 10.8. The molecular weight excluding hydrogens is 310 g/mol. The summed E-state index contributed by atoms with van der Waals surface area (Å²) in [5.41, 5.74) is 1.52. The van der Waals surface area contributed by atoms with E-state index in [1.807, 2.05) is 5.01 Å². The number of rotatable bonds is 4. The van der Waals surface area contributed by atoms with Gasteiger partial charge in [0.15, 0.2) is 10.9 Å². The van der Waals surface area contributed by atoms with Gasteiger partial charge in [-0.1, -0.05) is 11.6 Å². The van der Waals surface area contributed by atoms with E-state index in [2.05, 4.69) is 11.4 Å². The number of hydrogen-bond acceptors (Lipinski definition) is 3. The highest BCUT2D eigenvalue weighted by Crippen LogP contribution is 2.20. The fourth-order valence-corrected chi connectivity index (χ4v) is 3.41. The smallest absolute Gasteiger partial charge is 0.308 e. The van der Waals surface area contributed by atoms with Gasteiger partial charge in [0, 0.05) is 19.6 Å². The molecule has 0 bridgehead atoms. The Morgan fingerprint density at radius 1 is 1.26 bits per heavy atom. The molecule has 0 spiro atoms. The maximum Gasteiger partial charge on any atom is 0.308 e. The van der Waals surface area contributed by atoms with E-state index in [9.17, 15) is 4.79 Å². The molecule has 2 heterocycles. The van der Waals surface area contributed by atoms with Crippen molar-refractivity contribution in [3.05, 3.63) is 35.8 Å². The van der Waals surface area contributed by atoms with Crippen molar-refractivity contribution in [3.63, 3.8) is 0 Å². The first-order valence-electron chi connectivity index (χ1n) is 8.34. The first kappa shape index (κ1) is 16.1. The monoisotopic (exact) mass is 333 g/mol. The van der Waals surface area contributed by atoms with Gasteiger partial charge in [-0.25, -0.2) is 5.01 Å². The number of furan rings is 1. The summed E-state index contributed by atoms with van der Waals surface area (Å²) in [4.78, 5) is 12.4. The quantitative estimate of drug-likeness (QED) is 0.678. The molecule has 0 atom stereocenters. The van der Waals surface area contributed by atoms with Crippen molar-refractivity contribution in [2.45, 2.75) is 38.5 Å². The van der Waals surface area contributed by atoms with Crippen molar-refractivity contribution < 1.29 is 9.21 Å². The standard InChI is InChI=1S/C17H23N3O2S/c21-16(15-8-4-13-22-15)19-11-5-12-20(19)17(23)18-10-9-14-6-2-1-3-7-14/h4,6,8,13H,1-3,5,7,9-12H2,(H,18,23). The molecule has 1 fully saturated rings. The predicted molar refractivity (Wildman–Crippen MR) is 92.8 cm³/mol. The lowest BCUT2D eigenvalue weighted by atomic mass is 9.97. The lowest BCUT2D eigenvalue weighted by molar-refractivity contribution is 0.0459. The summed E-state index contributed by atoms with van der Waals surface area (Å²) < 4.78 is 5.21. The van der Waals surface area contributed by atoms with Crippen molar-refractivity contribution in [2.24, 2.45) is 0 Å². The minimum Gasteiger partial charge on any atom is -0.459 e. The van der Waals surface area contributed by atoms with E-state index in [4.69, 9.17) is 16.6 Å². The van der Waals surface area contributed by atoms with E-state index >= 15 is 0 Å². The number of hydrazine groups is 1. The van der Waals surface area contributed by atoms with Crippen LogP contribution in [0.3, 0.4) is 0 Å². The Morgan fingerprint density at radius 2 is 2.13 bits per heavy atom. The van der Waals surface area contributed by atoms with Gasteiger partial charge in [-0.3, -0.25) is 9.80 Å². The molecule has 1 aromatic rings. The van der Waals surface area contributed by atoms with Crippen LogP contribution in [-0.4, -0.2) is 40.7 Å². The highest BCUT2D eigenvalue weighted by atomic mass is 32.1. The molecular formula is C17H23N3O2S. The summed E-state index contributed by atoms with van der Waals surface area (Å²) >= 11 is 5.48. The van der Waals surface area contributed by atoms with Gasteiger partial charge in [0.05, 0.1) is 6.26 Å². The third-order valence-corrected chi connectivity index (χ3v) is 4.69. The molecule has 0 unspecified atom stereocenters. The summed E-state index contributed by atoms with van der Waals surface area (Å²) in [5, 5.41) is 7.45. The Kier molecular flexibility index (Phi) is 5.33. The molecule has 2 aliphatic rings. The summed E-state index contributed by atoms with van der Waals surface area (Å²) in [5.74, 6) is 0.221. The highest BCUT2D eigenvalue weighted by Gasteiger charge is 2.30. The van der Waals surface area contributed by atoms with Gasteiger partial charge >= 0.3 is 5.91 Å². The second-order valence-electron chi connectivity index (χ2n) is 5.97. The van der Waals surface area contributed by atoms with Crippen LogP contribution < -0.4 is 5.32 Å². The van der Waals surface area contributed by atoms with Gasteiger partial charge in [-0.15, -0.1) is 0 Å². The van der Waals surface area contributed by atoms with E-state index in [1.54, 1.807) is 17.1 Å². The molecule has 1 aromatic heterocycles. The zero-order chi connectivity index (χ0) is 16.1. The number of nitrogens with zero attached hydrogens (tertiary/aromatic N) is 2. The maximum absolute atomic E-state index is 12.4. The van der Waals surface area contributed by atoms with E-state index in [1.165, 1.54) is 37.5 Å². The molecule has 1 N–H and O–H groups in total. The lowest BCUT2D eigenvalue weighted by Crippen LogP contribution is -2.49. The number of thiocarbonyl (C=S) groups is 1. The van der Waals surface area contributed by atoms with Gasteiger partial charge in [0.25, 0.3) is 0 Å². The molecule has 23 heavy (non-hydrogen) atoms. The Morgan fingerprint density at radius 3 is 2.87 bits per heavy atom. The molecule has 5 nitrogen and oxygen atoms in total.